The van der Waals surface area contributed by atoms with E-state index in [1.807, 2.05) is 0 Å². The van der Waals surface area contributed by atoms with Crippen molar-refractivity contribution in [3.05, 3.63) is 18.0 Å². The van der Waals surface area contributed by atoms with Crippen LogP contribution in [-0.4, -0.2) is 29.0 Å². The molecule has 0 bridgehead atoms. The number of rotatable bonds is 5. The minimum atomic E-state index is 0.427. The third-order valence-corrected chi connectivity index (χ3v) is 4.91. The molecule has 3 rings (SSSR count). The van der Waals surface area contributed by atoms with Crippen molar-refractivity contribution in [1.82, 2.24) is 15.1 Å². The van der Waals surface area contributed by atoms with Gasteiger partial charge in [-0.1, -0.05) is 12.8 Å². The molecule has 4 heteroatoms. The van der Waals surface area contributed by atoms with E-state index in [0.717, 1.165) is 5.69 Å². The summed E-state index contributed by atoms with van der Waals surface area (Å²) in [4.78, 5) is 0. The smallest absolute Gasteiger partial charge is 0.0910 e. The van der Waals surface area contributed by atoms with Gasteiger partial charge in [-0.05, 0) is 51.6 Å². The summed E-state index contributed by atoms with van der Waals surface area (Å²) in [6.07, 6.45) is 12.7. The molecule has 2 aliphatic carbocycles. The van der Waals surface area contributed by atoms with Crippen LogP contribution in [0.5, 0.6) is 0 Å². The first kappa shape index (κ1) is 14.1. The van der Waals surface area contributed by atoms with Crippen LogP contribution in [0.15, 0.2) is 12.3 Å². The van der Waals surface area contributed by atoms with E-state index in [9.17, 15) is 0 Å². The van der Waals surface area contributed by atoms with E-state index in [1.54, 1.807) is 0 Å². The number of ether oxygens (including phenoxy) is 1. The second kappa shape index (κ2) is 6.72. The Hall–Kier alpha value is -0.870. The molecule has 112 valence electrons. The van der Waals surface area contributed by atoms with Crippen molar-refractivity contribution in [2.75, 3.05) is 7.05 Å². The Labute approximate surface area is 121 Å². The average molecular weight is 277 g/mol. The highest BCUT2D eigenvalue weighted by Crippen LogP contribution is 2.29. The molecule has 2 saturated carbocycles. The van der Waals surface area contributed by atoms with Crippen molar-refractivity contribution >= 4 is 0 Å². The molecular formula is C16H27N3O. The Balaban J connectivity index is 1.44. The van der Waals surface area contributed by atoms with E-state index in [-0.39, 0.29) is 0 Å². The van der Waals surface area contributed by atoms with Gasteiger partial charge in [0.2, 0.25) is 0 Å². The summed E-state index contributed by atoms with van der Waals surface area (Å²) in [5, 5.41) is 8.05. The first-order chi connectivity index (χ1) is 9.85. The van der Waals surface area contributed by atoms with E-state index in [0.29, 0.717) is 24.8 Å². The van der Waals surface area contributed by atoms with Crippen molar-refractivity contribution in [3.8, 4) is 0 Å². The minimum absolute atomic E-state index is 0.427. The highest BCUT2D eigenvalue weighted by atomic mass is 16.5. The average Bonchev–Trinajstić information content (AvgIpc) is 3.16. The maximum atomic E-state index is 6.03. The Kier molecular flexibility index (Phi) is 4.73. The molecule has 4 nitrogen and oxygen atoms in total. The summed E-state index contributed by atoms with van der Waals surface area (Å²) in [6, 6.07) is 3.45. The Morgan fingerprint density at radius 1 is 1.20 bits per heavy atom. The van der Waals surface area contributed by atoms with Gasteiger partial charge in [0.15, 0.2) is 0 Å². The van der Waals surface area contributed by atoms with E-state index < -0.39 is 0 Å². The van der Waals surface area contributed by atoms with Crippen LogP contribution in [-0.2, 0) is 11.3 Å². The molecule has 1 N–H and O–H groups in total. The fourth-order valence-corrected chi connectivity index (χ4v) is 3.55. The number of hydrogen-bond donors (Lipinski definition) is 1. The molecule has 20 heavy (non-hydrogen) atoms. The van der Waals surface area contributed by atoms with Crippen molar-refractivity contribution in [1.29, 1.82) is 0 Å². The van der Waals surface area contributed by atoms with Gasteiger partial charge in [-0.3, -0.25) is 4.68 Å². The predicted octanol–water partition coefficient (Wildman–Crippen LogP) is 3.05. The molecule has 0 radical (unpaired) electrons. The molecule has 1 aromatic heterocycles. The van der Waals surface area contributed by atoms with E-state index >= 15 is 0 Å². The zero-order chi connectivity index (χ0) is 13.8. The maximum absolute atomic E-state index is 6.03. The summed E-state index contributed by atoms with van der Waals surface area (Å²) in [6.45, 7) is 0.675. The predicted molar refractivity (Wildman–Crippen MR) is 79.6 cm³/mol. The van der Waals surface area contributed by atoms with Crippen LogP contribution in [0, 0.1) is 0 Å². The minimum Gasteiger partial charge on any atom is -0.372 e. The van der Waals surface area contributed by atoms with Crippen LogP contribution < -0.4 is 5.32 Å². The highest BCUT2D eigenvalue weighted by molar-refractivity contribution is 4.99. The molecule has 1 heterocycles. The lowest BCUT2D eigenvalue weighted by atomic mass is 9.93. The molecule has 2 aliphatic rings. The fourth-order valence-electron chi connectivity index (χ4n) is 3.55. The zero-order valence-electron chi connectivity index (χ0n) is 12.6. The quantitative estimate of drug-likeness (QED) is 0.899. The van der Waals surface area contributed by atoms with Gasteiger partial charge in [0, 0.05) is 12.2 Å². The van der Waals surface area contributed by atoms with Gasteiger partial charge in [-0.15, -0.1) is 0 Å². The Morgan fingerprint density at radius 2 is 1.95 bits per heavy atom. The van der Waals surface area contributed by atoms with Gasteiger partial charge >= 0.3 is 0 Å². The Bertz CT molecular complexity index is 404. The summed E-state index contributed by atoms with van der Waals surface area (Å²) in [5.41, 5.74) is 1.09. The van der Waals surface area contributed by atoms with Crippen LogP contribution in [0.4, 0.5) is 0 Å². The lowest BCUT2D eigenvalue weighted by Gasteiger charge is -2.28. The van der Waals surface area contributed by atoms with Gasteiger partial charge in [0.05, 0.1) is 24.4 Å². The molecule has 0 atom stereocenters. The molecular weight excluding hydrogens is 250 g/mol. The zero-order valence-corrected chi connectivity index (χ0v) is 12.6. The number of nitrogens with one attached hydrogen (secondary N) is 1. The molecule has 0 aromatic carbocycles. The lowest BCUT2D eigenvalue weighted by Crippen LogP contribution is -2.32. The normalized spacial score (nSPS) is 28.1. The highest BCUT2D eigenvalue weighted by Gasteiger charge is 2.21. The SMILES string of the molecule is CNC1CCC(OCc2ccn(C3CCCC3)n2)CC1. The molecule has 0 unspecified atom stereocenters. The summed E-state index contributed by atoms with van der Waals surface area (Å²) < 4.78 is 8.19. The van der Waals surface area contributed by atoms with Gasteiger partial charge in [0.1, 0.15) is 0 Å². The van der Waals surface area contributed by atoms with Gasteiger partial charge in [0.25, 0.3) is 0 Å². The van der Waals surface area contributed by atoms with E-state index in [1.165, 1.54) is 51.4 Å². The fraction of sp³-hybridized carbons (Fsp3) is 0.812. The first-order valence-corrected chi connectivity index (χ1v) is 8.18. The molecule has 0 saturated heterocycles. The second-order valence-electron chi connectivity index (χ2n) is 6.30. The Morgan fingerprint density at radius 3 is 2.65 bits per heavy atom. The monoisotopic (exact) mass is 277 g/mol. The maximum Gasteiger partial charge on any atom is 0.0910 e. The van der Waals surface area contributed by atoms with E-state index in [4.69, 9.17) is 4.74 Å². The lowest BCUT2D eigenvalue weighted by molar-refractivity contribution is 0.0100. The van der Waals surface area contributed by atoms with Crippen LogP contribution >= 0.6 is 0 Å². The van der Waals surface area contributed by atoms with Gasteiger partial charge < -0.3 is 10.1 Å². The van der Waals surface area contributed by atoms with E-state index in [2.05, 4.69) is 34.4 Å². The molecule has 2 fully saturated rings. The second-order valence-corrected chi connectivity index (χ2v) is 6.30. The third-order valence-electron chi connectivity index (χ3n) is 4.91. The molecule has 0 amide bonds. The van der Waals surface area contributed by atoms with Crippen LogP contribution in [0.1, 0.15) is 63.1 Å². The molecule has 0 spiro atoms. The number of nitrogens with zero attached hydrogens (tertiary/aromatic N) is 2. The summed E-state index contributed by atoms with van der Waals surface area (Å²) >= 11 is 0. The van der Waals surface area contributed by atoms with Gasteiger partial charge in [-0.25, -0.2) is 0 Å². The first-order valence-electron chi connectivity index (χ1n) is 8.18. The number of aromatic nitrogens is 2. The van der Waals surface area contributed by atoms with Crippen molar-refractivity contribution in [2.45, 2.75) is 76.2 Å². The molecule has 1 aromatic rings. The van der Waals surface area contributed by atoms with Crippen LogP contribution in [0.25, 0.3) is 0 Å². The topological polar surface area (TPSA) is 39.1 Å². The van der Waals surface area contributed by atoms with Crippen molar-refractivity contribution in [2.24, 2.45) is 0 Å². The van der Waals surface area contributed by atoms with Crippen molar-refractivity contribution in [3.63, 3.8) is 0 Å². The largest absolute Gasteiger partial charge is 0.372 e. The third kappa shape index (κ3) is 3.41. The summed E-state index contributed by atoms with van der Waals surface area (Å²) in [5.74, 6) is 0. The van der Waals surface area contributed by atoms with Gasteiger partial charge in [-0.2, -0.15) is 5.10 Å². The van der Waals surface area contributed by atoms with Crippen molar-refractivity contribution < 1.29 is 4.74 Å². The van der Waals surface area contributed by atoms with Crippen LogP contribution in [0.2, 0.25) is 0 Å². The molecule has 0 aliphatic heterocycles. The summed E-state index contributed by atoms with van der Waals surface area (Å²) in [7, 11) is 2.06. The van der Waals surface area contributed by atoms with Crippen LogP contribution in [0.3, 0.4) is 0 Å². The number of hydrogen-bond acceptors (Lipinski definition) is 3. The standard InChI is InChI=1S/C16H27N3O/c1-17-13-6-8-16(9-7-13)20-12-14-10-11-19(18-14)15-4-2-3-5-15/h10-11,13,15-17H,2-9,12H2,1H3.